The van der Waals surface area contributed by atoms with Crippen LogP contribution in [0.4, 0.5) is 10.1 Å². The molecule has 0 spiro atoms. The van der Waals surface area contributed by atoms with E-state index >= 15 is 0 Å². The predicted octanol–water partition coefficient (Wildman–Crippen LogP) is 3.27. The van der Waals surface area contributed by atoms with Crippen LogP contribution >= 0.6 is 0 Å². The number of benzene rings is 2. The van der Waals surface area contributed by atoms with E-state index in [0.29, 0.717) is 22.3 Å². The van der Waals surface area contributed by atoms with Gasteiger partial charge < -0.3 is 9.87 Å². The second-order valence-corrected chi connectivity index (χ2v) is 7.30. The Labute approximate surface area is 159 Å². The lowest BCUT2D eigenvalue weighted by Crippen LogP contribution is -2.28. The summed E-state index contributed by atoms with van der Waals surface area (Å²) >= 11 is -1.30. The van der Waals surface area contributed by atoms with Crippen molar-refractivity contribution in [2.45, 2.75) is 19.9 Å². The molecule has 1 heterocycles. The number of nitrogens with zero attached hydrogens (tertiary/aromatic N) is 2. The molecular weight excluding hydrogens is 367 g/mol. The summed E-state index contributed by atoms with van der Waals surface area (Å²) in [6, 6.07) is 9.57. The molecule has 0 aliphatic carbocycles. The molecule has 0 radical (unpaired) electrons. The molecule has 3 rings (SSSR count). The smallest absolute Gasteiger partial charge is 0.271 e. The van der Waals surface area contributed by atoms with Crippen LogP contribution in [0.25, 0.3) is 11.0 Å². The van der Waals surface area contributed by atoms with E-state index in [0.717, 1.165) is 5.56 Å². The van der Waals surface area contributed by atoms with Crippen molar-refractivity contribution in [3.8, 4) is 0 Å². The van der Waals surface area contributed by atoms with Crippen molar-refractivity contribution in [3.05, 3.63) is 65.2 Å². The maximum Gasteiger partial charge on any atom is 0.271 e. The summed E-state index contributed by atoms with van der Waals surface area (Å²) in [5, 5.41) is 2.74. The van der Waals surface area contributed by atoms with Gasteiger partial charge in [-0.1, -0.05) is 12.1 Å². The third-order valence-corrected chi connectivity index (χ3v) is 4.60. The first kappa shape index (κ1) is 19.1. The third-order valence-electron chi connectivity index (χ3n) is 4.09. The van der Waals surface area contributed by atoms with E-state index in [4.69, 9.17) is 0 Å². The topological polar surface area (TPSA) is 90.0 Å². The molecule has 1 amide bonds. The van der Waals surface area contributed by atoms with E-state index in [1.54, 1.807) is 26.0 Å². The van der Waals surface area contributed by atoms with Crippen molar-refractivity contribution in [2.24, 2.45) is 0 Å². The first-order valence-corrected chi connectivity index (χ1v) is 9.83. The number of para-hydroxylation sites is 2. The van der Waals surface area contributed by atoms with Gasteiger partial charge in [0.1, 0.15) is 17.8 Å². The Balaban J connectivity index is 1.80. The molecule has 0 saturated heterocycles. The molecule has 8 heteroatoms. The Morgan fingerprint density at radius 1 is 1.26 bits per heavy atom. The van der Waals surface area contributed by atoms with Crippen molar-refractivity contribution in [1.29, 1.82) is 0 Å². The molecule has 0 aliphatic rings. The molecule has 0 aliphatic heterocycles. The Morgan fingerprint density at radius 3 is 2.67 bits per heavy atom. The van der Waals surface area contributed by atoms with Gasteiger partial charge in [0.25, 0.3) is 5.91 Å². The predicted molar refractivity (Wildman–Crippen MR) is 104 cm³/mol. The van der Waals surface area contributed by atoms with Gasteiger partial charge in [0.05, 0.1) is 40.3 Å². The van der Waals surface area contributed by atoms with E-state index in [-0.39, 0.29) is 5.69 Å². The average Bonchev–Trinajstić information content (AvgIpc) is 2.63. The van der Waals surface area contributed by atoms with E-state index in [9.17, 15) is 13.7 Å². The molecule has 3 aromatic rings. The molecule has 27 heavy (non-hydrogen) atoms. The summed E-state index contributed by atoms with van der Waals surface area (Å²) in [6.07, 6.45) is 2.87. The number of hydrogen-bond acceptors (Lipinski definition) is 5. The maximum atomic E-state index is 14.5. The Hall–Kier alpha value is -2.71. The van der Waals surface area contributed by atoms with Crippen LogP contribution in [0.1, 0.15) is 34.6 Å². The first-order valence-electron chi connectivity index (χ1n) is 8.28. The first-order chi connectivity index (χ1) is 12.8. The number of halogens is 1. The molecule has 1 aromatic heterocycles. The number of carbonyl (C=O) groups is 1. The van der Waals surface area contributed by atoms with E-state index < -0.39 is 29.1 Å². The van der Waals surface area contributed by atoms with Gasteiger partial charge >= 0.3 is 0 Å². The number of carbonyl (C=O) groups excluding carboxylic acids is 1. The lowest BCUT2D eigenvalue weighted by Gasteiger charge is -2.17. The number of nitrogens with one attached hydrogen (secondary N) is 2. The van der Waals surface area contributed by atoms with E-state index in [2.05, 4.69) is 20.0 Å². The van der Waals surface area contributed by atoms with Crippen LogP contribution in [0.15, 0.2) is 42.6 Å². The number of rotatable bonds is 5. The van der Waals surface area contributed by atoms with Crippen molar-refractivity contribution < 1.29 is 13.7 Å². The molecular formula is C19H19FN4O2S. The molecule has 2 atom stereocenters. The molecule has 2 N–H and O–H groups in total. The zero-order chi connectivity index (χ0) is 19.6. The van der Waals surface area contributed by atoms with Crippen LogP contribution in [0.2, 0.25) is 0 Å². The normalized spacial score (nSPS) is 13.2. The highest BCUT2D eigenvalue weighted by Gasteiger charge is 2.18. The molecule has 2 aromatic carbocycles. The number of fused-ring (bicyclic) bond motifs is 1. The summed E-state index contributed by atoms with van der Waals surface area (Å²) in [7, 11) is 0. The SMILES string of the molecule is Cc1cc([C@@H](C)NC(=O)c2cnc3ccccc3n2)c(F)cc1N[S+](C)[O-]. The molecule has 6 nitrogen and oxygen atoms in total. The van der Waals surface area contributed by atoms with Crippen LogP contribution in [0, 0.1) is 12.7 Å². The highest BCUT2D eigenvalue weighted by molar-refractivity contribution is 7.92. The Bertz CT molecular complexity index is 997. The zero-order valence-corrected chi connectivity index (χ0v) is 15.9. The van der Waals surface area contributed by atoms with E-state index in [1.807, 2.05) is 18.2 Å². The highest BCUT2D eigenvalue weighted by Crippen LogP contribution is 2.25. The fraction of sp³-hybridized carbons (Fsp3) is 0.211. The monoisotopic (exact) mass is 386 g/mol. The highest BCUT2D eigenvalue weighted by atomic mass is 32.2. The van der Waals surface area contributed by atoms with Gasteiger partial charge in [0.15, 0.2) is 0 Å². The third kappa shape index (κ3) is 4.35. The second kappa shape index (κ2) is 7.89. The number of aromatic nitrogens is 2. The van der Waals surface area contributed by atoms with Crippen LogP contribution in [-0.2, 0) is 11.4 Å². The van der Waals surface area contributed by atoms with Gasteiger partial charge in [-0.3, -0.25) is 9.78 Å². The lowest BCUT2D eigenvalue weighted by molar-refractivity contribution is 0.0934. The van der Waals surface area contributed by atoms with Gasteiger partial charge in [-0.15, -0.1) is 0 Å². The van der Waals surface area contributed by atoms with Gasteiger partial charge in [-0.05, 0) is 37.6 Å². The van der Waals surface area contributed by atoms with Crippen LogP contribution < -0.4 is 10.0 Å². The molecule has 0 saturated carbocycles. The quantitative estimate of drug-likeness (QED) is 0.657. The molecule has 0 fully saturated rings. The average molecular weight is 386 g/mol. The van der Waals surface area contributed by atoms with Crippen LogP contribution in [0.5, 0.6) is 0 Å². The summed E-state index contributed by atoms with van der Waals surface area (Å²) in [5.74, 6) is -0.930. The minimum Gasteiger partial charge on any atom is -0.593 e. The van der Waals surface area contributed by atoms with Crippen LogP contribution in [0.3, 0.4) is 0 Å². The fourth-order valence-corrected chi connectivity index (χ4v) is 3.25. The minimum absolute atomic E-state index is 0.164. The molecule has 0 bridgehead atoms. The minimum atomic E-state index is -1.30. The summed E-state index contributed by atoms with van der Waals surface area (Å²) in [6.45, 7) is 3.47. The van der Waals surface area contributed by atoms with Gasteiger partial charge in [-0.2, -0.15) is 0 Å². The summed E-state index contributed by atoms with van der Waals surface area (Å²) < 4.78 is 28.5. The summed E-state index contributed by atoms with van der Waals surface area (Å²) in [5.41, 5.74) is 2.99. The Kier molecular flexibility index (Phi) is 5.57. The van der Waals surface area contributed by atoms with Crippen molar-refractivity contribution in [2.75, 3.05) is 11.0 Å². The second-order valence-electron chi connectivity index (χ2n) is 6.18. The zero-order valence-electron chi connectivity index (χ0n) is 15.1. The number of aryl methyl sites for hydroxylation is 1. The van der Waals surface area contributed by atoms with Gasteiger partial charge in [-0.25, -0.2) is 14.1 Å². The van der Waals surface area contributed by atoms with Gasteiger partial charge in [0, 0.05) is 11.6 Å². The van der Waals surface area contributed by atoms with E-state index in [1.165, 1.54) is 18.5 Å². The molecule has 1 unspecified atom stereocenters. The van der Waals surface area contributed by atoms with Crippen molar-refractivity contribution in [1.82, 2.24) is 15.3 Å². The van der Waals surface area contributed by atoms with Gasteiger partial charge in [0.2, 0.25) is 0 Å². The maximum absolute atomic E-state index is 14.5. The fourth-order valence-electron chi connectivity index (χ4n) is 2.72. The Morgan fingerprint density at radius 2 is 1.96 bits per heavy atom. The number of hydrogen-bond donors (Lipinski definition) is 2. The largest absolute Gasteiger partial charge is 0.593 e. The molecule has 140 valence electrons. The van der Waals surface area contributed by atoms with Crippen molar-refractivity contribution in [3.63, 3.8) is 0 Å². The van der Waals surface area contributed by atoms with Crippen molar-refractivity contribution >= 4 is 34.0 Å². The summed E-state index contributed by atoms with van der Waals surface area (Å²) in [4.78, 5) is 21.0. The van der Waals surface area contributed by atoms with Crippen LogP contribution in [-0.4, -0.2) is 26.7 Å². The number of amides is 1. The lowest BCUT2D eigenvalue weighted by atomic mass is 10.0. The number of anilines is 1. The standard InChI is InChI=1S/C19H19FN4O2S/c1-11-8-13(14(20)9-17(11)24-27(3)26)12(2)22-19(25)18-10-21-15-6-4-5-7-16(15)23-18/h4-10,12,24H,1-3H3,(H,22,25)/t12-,27?/m1/s1.